The number of aromatic nitrogens is 3. The van der Waals surface area contributed by atoms with Crippen LogP contribution in [0.25, 0.3) is 33.5 Å². The van der Waals surface area contributed by atoms with Crippen LogP contribution < -0.4 is 20.7 Å². The van der Waals surface area contributed by atoms with Crippen molar-refractivity contribution in [2.24, 2.45) is 7.05 Å². The lowest BCUT2D eigenvalue weighted by molar-refractivity contribution is -0.127. The molecular formula is C33H38ClN7O3. The summed E-state index contributed by atoms with van der Waals surface area (Å²) in [5.74, 6) is 0.895. The molecule has 5 heterocycles. The first kappa shape index (κ1) is 30.1. The van der Waals surface area contributed by atoms with Crippen LogP contribution >= 0.6 is 11.6 Å². The van der Waals surface area contributed by atoms with Crippen molar-refractivity contribution in [2.45, 2.75) is 44.8 Å². The third-order valence-corrected chi connectivity index (χ3v) is 8.83. The predicted molar refractivity (Wildman–Crippen MR) is 171 cm³/mol. The number of hydrogen-bond acceptors (Lipinski definition) is 7. The van der Waals surface area contributed by atoms with Crippen molar-refractivity contribution in [1.82, 2.24) is 35.4 Å². The van der Waals surface area contributed by atoms with E-state index in [0.29, 0.717) is 49.1 Å². The van der Waals surface area contributed by atoms with E-state index in [2.05, 4.69) is 28.2 Å². The molecule has 0 radical (unpaired) electrons. The molecule has 44 heavy (non-hydrogen) atoms. The Morgan fingerprint density at radius 2 is 1.77 bits per heavy atom. The number of carbonyl (C=O) groups excluding carboxylic acids is 2. The van der Waals surface area contributed by atoms with Crippen molar-refractivity contribution in [3.63, 3.8) is 0 Å². The van der Waals surface area contributed by atoms with Crippen LogP contribution in [0, 0.1) is 0 Å². The number of nitrogens with one attached hydrogen (secondary N) is 3. The van der Waals surface area contributed by atoms with Gasteiger partial charge in [0.15, 0.2) is 0 Å². The van der Waals surface area contributed by atoms with E-state index >= 15 is 0 Å². The Bertz CT molecular complexity index is 1690. The Morgan fingerprint density at radius 3 is 2.50 bits per heavy atom. The Labute approximate surface area is 262 Å². The molecule has 230 valence electrons. The van der Waals surface area contributed by atoms with Gasteiger partial charge in [0.05, 0.1) is 23.5 Å². The standard InChI is InChI=1S/C33H38ClN7O3/c1-40-20-22(18-35-14-16-41-15-4-7-30(41)43)24-10-12-27(38-32(24)40)25-5-3-6-26(31(25)34)28-11-8-21(33(39-28)44-2)17-36-19-23-9-13-29(42)37-23/h3,5-6,8,10-12,20,23,35-36H,4,7,9,13-19H2,1-2H3,(H,37,42)/t23-/m0/s1. The molecule has 10 nitrogen and oxygen atoms in total. The van der Waals surface area contributed by atoms with Gasteiger partial charge in [-0.15, -0.1) is 0 Å². The number of carbonyl (C=O) groups is 2. The van der Waals surface area contributed by atoms with Gasteiger partial charge in [-0.3, -0.25) is 9.59 Å². The number of likely N-dealkylation sites (tertiary alicyclic amines) is 1. The van der Waals surface area contributed by atoms with Gasteiger partial charge < -0.3 is 30.2 Å². The van der Waals surface area contributed by atoms with E-state index in [0.717, 1.165) is 71.5 Å². The third-order valence-electron chi connectivity index (χ3n) is 8.42. The molecule has 2 fully saturated rings. The molecule has 3 N–H and O–H groups in total. The maximum absolute atomic E-state index is 11.9. The number of ether oxygens (including phenoxy) is 1. The highest BCUT2D eigenvalue weighted by molar-refractivity contribution is 6.36. The zero-order chi connectivity index (χ0) is 30.6. The lowest BCUT2D eigenvalue weighted by Gasteiger charge is -2.15. The zero-order valence-electron chi connectivity index (χ0n) is 25.2. The first-order chi connectivity index (χ1) is 21.4. The van der Waals surface area contributed by atoms with Gasteiger partial charge in [-0.1, -0.05) is 35.9 Å². The number of rotatable bonds is 12. The SMILES string of the molecule is COc1nc(-c2cccc(-c3ccc4c(CNCCN5CCCC5=O)cn(C)c4n3)c2Cl)ccc1CNC[C@@H]1CCC(=O)N1. The van der Waals surface area contributed by atoms with E-state index < -0.39 is 0 Å². The number of benzene rings is 1. The number of methoxy groups -OCH3 is 1. The summed E-state index contributed by atoms with van der Waals surface area (Å²) in [5.41, 5.74) is 6.09. The Kier molecular flexibility index (Phi) is 9.11. The highest BCUT2D eigenvalue weighted by Crippen LogP contribution is 2.37. The number of fused-ring (bicyclic) bond motifs is 1. The predicted octanol–water partition coefficient (Wildman–Crippen LogP) is 4.04. The van der Waals surface area contributed by atoms with Gasteiger partial charge in [-0.2, -0.15) is 0 Å². The lowest BCUT2D eigenvalue weighted by Crippen LogP contribution is -2.35. The molecule has 2 aliphatic heterocycles. The molecule has 0 aliphatic carbocycles. The van der Waals surface area contributed by atoms with Gasteiger partial charge >= 0.3 is 0 Å². The Morgan fingerprint density at radius 1 is 1.00 bits per heavy atom. The first-order valence-electron chi connectivity index (χ1n) is 15.2. The minimum absolute atomic E-state index is 0.111. The van der Waals surface area contributed by atoms with Crippen LogP contribution in [0.1, 0.15) is 36.8 Å². The molecule has 1 atom stereocenters. The zero-order valence-corrected chi connectivity index (χ0v) is 25.9. The van der Waals surface area contributed by atoms with Crippen LogP contribution in [0.4, 0.5) is 0 Å². The highest BCUT2D eigenvalue weighted by atomic mass is 35.5. The summed E-state index contributed by atoms with van der Waals surface area (Å²) in [4.78, 5) is 35.0. The average Bonchev–Trinajstić information content (AvgIpc) is 3.73. The van der Waals surface area contributed by atoms with Crippen molar-refractivity contribution < 1.29 is 14.3 Å². The molecule has 0 spiro atoms. The second-order valence-corrected chi connectivity index (χ2v) is 11.8. The Hall–Kier alpha value is -3.99. The molecule has 0 bridgehead atoms. The average molecular weight is 616 g/mol. The number of amides is 2. The number of pyridine rings is 2. The van der Waals surface area contributed by atoms with E-state index in [1.165, 1.54) is 0 Å². The minimum atomic E-state index is 0.111. The van der Waals surface area contributed by atoms with Crippen LogP contribution in [-0.4, -0.2) is 70.6 Å². The molecular weight excluding hydrogens is 578 g/mol. The topological polar surface area (TPSA) is 113 Å². The Balaban J connectivity index is 1.16. The summed E-state index contributed by atoms with van der Waals surface area (Å²) >= 11 is 7.01. The van der Waals surface area contributed by atoms with Crippen molar-refractivity contribution in [1.29, 1.82) is 0 Å². The smallest absolute Gasteiger partial charge is 0.222 e. The molecule has 0 saturated carbocycles. The lowest BCUT2D eigenvalue weighted by atomic mass is 10.0. The second-order valence-electron chi connectivity index (χ2n) is 11.5. The molecule has 0 unspecified atom stereocenters. The second kappa shape index (κ2) is 13.3. The van der Waals surface area contributed by atoms with E-state index in [1.807, 2.05) is 52.9 Å². The number of nitrogens with zero attached hydrogens (tertiary/aromatic N) is 4. The molecule has 1 aromatic carbocycles. The summed E-state index contributed by atoms with van der Waals surface area (Å²) in [6, 6.07) is 14.1. The normalized spacial score (nSPS) is 16.7. The minimum Gasteiger partial charge on any atom is -0.481 e. The fraction of sp³-hybridized carbons (Fsp3) is 0.394. The molecule has 6 rings (SSSR count). The summed E-state index contributed by atoms with van der Waals surface area (Å²) in [6.07, 6.45) is 5.17. The maximum Gasteiger partial charge on any atom is 0.222 e. The monoisotopic (exact) mass is 615 g/mol. The van der Waals surface area contributed by atoms with Gasteiger partial charge in [0.2, 0.25) is 17.7 Å². The van der Waals surface area contributed by atoms with Crippen molar-refractivity contribution in [3.8, 4) is 28.4 Å². The van der Waals surface area contributed by atoms with Crippen LogP contribution in [0.5, 0.6) is 5.88 Å². The number of halogens is 1. The highest BCUT2D eigenvalue weighted by Gasteiger charge is 2.21. The van der Waals surface area contributed by atoms with E-state index in [1.54, 1.807) is 7.11 Å². The summed E-state index contributed by atoms with van der Waals surface area (Å²) < 4.78 is 7.67. The van der Waals surface area contributed by atoms with Crippen molar-refractivity contribution in [3.05, 3.63) is 64.8 Å². The van der Waals surface area contributed by atoms with E-state index in [4.69, 9.17) is 26.3 Å². The fourth-order valence-electron chi connectivity index (χ4n) is 6.07. The van der Waals surface area contributed by atoms with Crippen LogP contribution in [-0.2, 0) is 29.7 Å². The van der Waals surface area contributed by atoms with Gasteiger partial charge in [0, 0.05) is 93.5 Å². The van der Waals surface area contributed by atoms with Crippen LogP contribution in [0.2, 0.25) is 5.02 Å². The van der Waals surface area contributed by atoms with Gasteiger partial charge in [0.25, 0.3) is 0 Å². The fourth-order valence-corrected chi connectivity index (χ4v) is 6.39. The van der Waals surface area contributed by atoms with Crippen molar-refractivity contribution >= 4 is 34.4 Å². The summed E-state index contributed by atoms with van der Waals surface area (Å²) in [7, 11) is 3.61. The number of hydrogen-bond donors (Lipinski definition) is 3. The molecule has 4 aromatic rings. The van der Waals surface area contributed by atoms with Crippen molar-refractivity contribution in [2.75, 3.05) is 33.3 Å². The third kappa shape index (κ3) is 6.43. The number of aryl methyl sites for hydroxylation is 1. The molecule has 11 heteroatoms. The largest absolute Gasteiger partial charge is 0.481 e. The van der Waals surface area contributed by atoms with E-state index in [-0.39, 0.29) is 17.9 Å². The van der Waals surface area contributed by atoms with E-state index in [9.17, 15) is 9.59 Å². The maximum atomic E-state index is 11.9. The molecule has 2 aliphatic rings. The van der Waals surface area contributed by atoms with Gasteiger partial charge in [-0.25, -0.2) is 9.97 Å². The summed E-state index contributed by atoms with van der Waals surface area (Å²) in [6.45, 7) is 4.33. The van der Waals surface area contributed by atoms with Gasteiger partial charge in [0.1, 0.15) is 5.65 Å². The molecule has 2 amide bonds. The first-order valence-corrected chi connectivity index (χ1v) is 15.6. The van der Waals surface area contributed by atoms with Crippen LogP contribution in [0.3, 0.4) is 0 Å². The van der Waals surface area contributed by atoms with Crippen LogP contribution in [0.15, 0.2) is 48.7 Å². The molecule has 2 saturated heterocycles. The quantitative estimate of drug-likeness (QED) is 0.206. The summed E-state index contributed by atoms with van der Waals surface area (Å²) in [5, 5.41) is 11.5. The molecule has 3 aromatic heterocycles. The van der Waals surface area contributed by atoms with Gasteiger partial charge in [-0.05, 0) is 36.6 Å².